The van der Waals surface area contributed by atoms with Crippen LogP contribution in [-0.2, 0) is 9.59 Å². The highest BCUT2D eigenvalue weighted by molar-refractivity contribution is 5.84. The van der Waals surface area contributed by atoms with E-state index in [2.05, 4.69) is 5.32 Å². The maximum atomic E-state index is 12.0. The summed E-state index contributed by atoms with van der Waals surface area (Å²) in [5.74, 6) is 0.144. The third-order valence-electron chi connectivity index (χ3n) is 4.49. The van der Waals surface area contributed by atoms with Gasteiger partial charge in [0, 0.05) is 6.42 Å². The Kier molecular flexibility index (Phi) is 6.44. The molecule has 1 fully saturated rings. The highest BCUT2D eigenvalue weighted by Gasteiger charge is 2.22. The lowest BCUT2D eigenvalue weighted by molar-refractivity contribution is -0.142. The number of benzene rings is 1. The molecule has 126 valence electrons. The fourth-order valence-corrected chi connectivity index (χ4v) is 3.17. The second-order valence-electron chi connectivity index (χ2n) is 6.15. The van der Waals surface area contributed by atoms with Gasteiger partial charge in [0.2, 0.25) is 5.91 Å². The van der Waals surface area contributed by atoms with Crippen LogP contribution in [0.25, 0.3) is 0 Å². The van der Waals surface area contributed by atoms with Crippen LogP contribution in [-0.4, -0.2) is 24.1 Å². The molecule has 0 spiro atoms. The fraction of sp³-hybridized carbons (Fsp3) is 0.556. The molecular formula is C18H25NO4. The molecule has 23 heavy (non-hydrogen) atoms. The van der Waals surface area contributed by atoms with Gasteiger partial charge in [0.05, 0.1) is 7.11 Å². The lowest BCUT2D eigenvalue weighted by Crippen LogP contribution is -2.33. The minimum Gasteiger partial charge on any atom is -0.497 e. The molecule has 5 heteroatoms. The Labute approximate surface area is 137 Å². The van der Waals surface area contributed by atoms with Gasteiger partial charge in [-0.1, -0.05) is 37.8 Å². The van der Waals surface area contributed by atoms with Crippen molar-refractivity contribution in [3.8, 4) is 5.75 Å². The van der Waals surface area contributed by atoms with E-state index >= 15 is 0 Å². The van der Waals surface area contributed by atoms with Gasteiger partial charge in [-0.25, -0.2) is 4.79 Å². The maximum Gasteiger partial charge on any atom is 0.330 e. The summed E-state index contributed by atoms with van der Waals surface area (Å²) in [5.41, 5.74) is 0.544. The molecule has 1 unspecified atom stereocenters. The predicted molar refractivity (Wildman–Crippen MR) is 87.3 cm³/mol. The first kappa shape index (κ1) is 17.3. The highest BCUT2D eigenvalue weighted by atomic mass is 16.5. The van der Waals surface area contributed by atoms with Crippen molar-refractivity contribution in [2.24, 2.45) is 5.92 Å². The summed E-state index contributed by atoms with van der Waals surface area (Å²) in [6, 6.07) is 5.70. The SMILES string of the molecule is COc1ccc(C(NC(=O)CCCC2CCCC2)C(=O)O)cc1. The summed E-state index contributed by atoms with van der Waals surface area (Å²) in [6.45, 7) is 0. The summed E-state index contributed by atoms with van der Waals surface area (Å²) in [7, 11) is 1.55. The fourth-order valence-electron chi connectivity index (χ4n) is 3.17. The number of carbonyl (C=O) groups is 2. The number of nitrogens with one attached hydrogen (secondary N) is 1. The van der Waals surface area contributed by atoms with Crippen LogP contribution in [0.4, 0.5) is 0 Å². The number of rotatable bonds is 8. The molecule has 0 aliphatic heterocycles. The molecule has 2 N–H and O–H groups in total. The van der Waals surface area contributed by atoms with Crippen LogP contribution >= 0.6 is 0 Å². The Hall–Kier alpha value is -2.04. The molecule has 1 amide bonds. The summed E-state index contributed by atoms with van der Waals surface area (Å²) in [6.07, 6.45) is 7.41. The summed E-state index contributed by atoms with van der Waals surface area (Å²) in [5, 5.41) is 12.0. The number of carbonyl (C=O) groups excluding carboxylic acids is 1. The first-order chi connectivity index (χ1) is 11.1. The van der Waals surface area contributed by atoms with E-state index in [1.807, 2.05) is 0 Å². The number of hydrogen-bond donors (Lipinski definition) is 2. The van der Waals surface area contributed by atoms with Gasteiger partial charge in [0.25, 0.3) is 0 Å². The third kappa shape index (κ3) is 5.27. The standard InChI is InChI=1S/C18H25NO4/c1-23-15-11-9-14(10-12-15)17(18(21)22)19-16(20)8-4-7-13-5-2-3-6-13/h9-13,17H,2-8H2,1H3,(H,19,20)(H,21,22). The molecule has 1 atom stereocenters. The van der Waals surface area contributed by atoms with Crippen molar-refractivity contribution in [3.05, 3.63) is 29.8 Å². The number of methoxy groups -OCH3 is 1. The molecular weight excluding hydrogens is 294 g/mol. The smallest absolute Gasteiger partial charge is 0.330 e. The number of amides is 1. The van der Waals surface area contributed by atoms with Crippen molar-refractivity contribution in [3.63, 3.8) is 0 Å². The molecule has 1 aliphatic carbocycles. The molecule has 2 rings (SSSR count). The number of ether oxygens (including phenoxy) is 1. The first-order valence-electron chi connectivity index (χ1n) is 8.26. The molecule has 0 bridgehead atoms. The van der Waals surface area contributed by atoms with E-state index in [1.165, 1.54) is 25.7 Å². The lowest BCUT2D eigenvalue weighted by atomic mass is 10.0. The van der Waals surface area contributed by atoms with Crippen molar-refractivity contribution < 1.29 is 19.4 Å². The Balaban J connectivity index is 1.85. The van der Waals surface area contributed by atoms with Crippen molar-refractivity contribution in [2.45, 2.75) is 51.0 Å². The topological polar surface area (TPSA) is 75.6 Å². The van der Waals surface area contributed by atoms with Gasteiger partial charge in [-0.3, -0.25) is 4.79 Å². The molecule has 5 nitrogen and oxygen atoms in total. The average molecular weight is 319 g/mol. The van der Waals surface area contributed by atoms with Crippen LogP contribution in [0.2, 0.25) is 0 Å². The van der Waals surface area contributed by atoms with Crippen molar-refractivity contribution in [1.82, 2.24) is 5.32 Å². The quantitative estimate of drug-likeness (QED) is 0.771. The minimum atomic E-state index is -1.06. The van der Waals surface area contributed by atoms with Crippen molar-refractivity contribution in [2.75, 3.05) is 7.11 Å². The Morgan fingerprint density at radius 3 is 2.48 bits per heavy atom. The monoisotopic (exact) mass is 319 g/mol. The number of aliphatic carboxylic acids is 1. The highest BCUT2D eigenvalue weighted by Crippen LogP contribution is 2.29. The average Bonchev–Trinajstić information content (AvgIpc) is 3.06. The van der Waals surface area contributed by atoms with E-state index in [4.69, 9.17) is 4.74 Å². The second-order valence-corrected chi connectivity index (χ2v) is 6.15. The molecule has 1 aliphatic rings. The van der Waals surface area contributed by atoms with Gasteiger partial charge >= 0.3 is 5.97 Å². The molecule has 1 aromatic carbocycles. The van der Waals surface area contributed by atoms with Crippen LogP contribution in [0.15, 0.2) is 24.3 Å². The Bertz CT molecular complexity index is 520. The van der Waals surface area contributed by atoms with Crippen molar-refractivity contribution >= 4 is 11.9 Å². The zero-order chi connectivity index (χ0) is 16.7. The van der Waals surface area contributed by atoms with E-state index in [0.29, 0.717) is 17.7 Å². The van der Waals surface area contributed by atoms with E-state index in [-0.39, 0.29) is 5.91 Å². The van der Waals surface area contributed by atoms with Gasteiger partial charge in [-0.15, -0.1) is 0 Å². The summed E-state index contributed by atoms with van der Waals surface area (Å²) in [4.78, 5) is 23.5. The normalized spacial score (nSPS) is 16.0. The molecule has 0 saturated heterocycles. The first-order valence-corrected chi connectivity index (χ1v) is 8.26. The molecule has 1 aromatic rings. The summed E-state index contributed by atoms with van der Waals surface area (Å²) >= 11 is 0. The predicted octanol–water partition coefficient (Wildman–Crippen LogP) is 3.30. The van der Waals surface area contributed by atoms with Gasteiger partial charge in [0.15, 0.2) is 6.04 Å². The minimum absolute atomic E-state index is 0.203. The van der Waals surface area contributed by atoms with Crippen LogP contribution < -0.4 is 10.1 Å². The largest absolute Gasteiger partial charge is 0.497 e. The van der Waals surface area contributed by atoms with Crippen LogP contribution in [0.3, 0.4) is 0 Å². The Morgan fingerprint density at radius 1 is 1.26 bits per heavy atom. The van der Waals surface area contributed by atoms with E-state index < -0.39 is 12.0 Å². The molecule has 0 radical (unpaired) electrons. The van der Waals surface area contributed by atoms with Gasteiger partial charge in [-0.05, 0) is 36.5 Å². The number of carboxylic acid groups (broad SMARTS) is 1. The van der Waals surface area contributed by atoms with Crippen molar-refractivity contribution in [1.29, 1.82) is 0 Å². The van der Waals surface area contributed by atoms with Gasteiger partial charge in [-0.2, -0.15) is 0 Å². The maximum absolute atomic E-state index is 12.0. The number of carboxylic acids is 1. The van der Waals surface area contributed by atoms with Crippen LogP contribution in [0.5, 0.6) is 5.75 Å². The third-order valence-corrected chi connectivity index (χ3v) is 4.49. The van der Waals surface area contributed by atoms with Crippen LogP contribution in [0.1, 0.15) is 56.6 Å². The van der Waals surface area contributed by atoms with Gasteiger partial charge < -0.3 is 15.2 Å². The van der Waals surface area contributed by atoms with E-state index in [9.17, 15) is 14.7 Å². The summed E-state index contributed by atoms with van der Waals surface area (Å²) < 4.78 is 5.06. The Morgan fingerprint density at radius 2 is 1.91 bits per heavy atom. The lowest BCUT2D eigenvalue weighted by Gasteiger charge is -2.16. The van der Waals surface area contributed by atoms with E-state index in [0.717, 1.165) is 18.8 Å². The molecule has 0 heterocycles. The zero-order valence-corrected chi connectivity index (χ0v) is 13.6. The van der Waals surface area contributed by atoms with E-state index in [1.54, 1.807) is 31.4 Å². The van der Waals surface area contributed by atoms with Crippen LogP contribution in [0, 0.1) is 5.92 Å². The molecule has 1 saturated carbocycles. The van der Waals surface area contributed by atoms with Gasteiger partial charge in [0.1, 0.15) is 5.75 Å². The molecule has 0 aromatic heterocycles. The zero-order valence-electron chi connectivity index (χ0n) is 13.6. The second kappa shape index (κ2) is 8.56. The number of hydrogen-bond acceptors (Lipinski definition) is 3.